The topological polar surface area (TPSA) is 94.5 Å². The quantitative estimate of drug-likeness (QED) is 0.896. The van der Waals surface area contributed by atoms with E-state index in [1.807, 2.05) is 4.90 Å². The van der Waals surface area contributed by atoms with Crippen LogP contribution >= 0.6 is 0 Å². The van der Waals surface area contributed by atoms with Gasteiger partial charge in [0.15, 0.2) is 5.82 Å². The molecule has 4 rings (SSSR count). The van der Waals surface area contributed by atoms with E-state index in [9.17, 15) is 4.79 Å². The van der Waals surface area contributed by atoms with Gasteiger partial charge in [-0.1, -0.05) is 18.0 Å². The van der Waals surface area contributed by atoms with Gasteiger partial charge >= 0.3 is 0 Å². The van der Waals surface area contributed by atoms with Crippen LogP contribution in [0.3, 0.4) is 0 Å². The van der Waals surface area contributed by atoms with Crippen molar-refractivity contribution in [3.05, 3.63) is 11.7 Å². The lowest BCUT2D eigenvalue weighted by Crippen LogP contribution is -2.44. The predicted molar refractivity (Wildman–Crippen MR) is 86.2 cm³/mol. The fourth-order valence-electron chi connectivity index (χ4n) is 4.15. The van der Waals surface area contributed by atoms with Crippen LogP contribution in [0, 0.1) is 0 Å². The minimum absolute atomic E-state index is 0.172. The molecule has 7 heteroatoms. The first kappa shape index (κ1) is 16.0. The molecule has 2 N–H and O–H groups in total. The maximum atomic E-state index is 12.8. The molecule has 2 aliphatic carbocycles. The largest absolute Gasteiger partial charge is 0.378 e. The van der Waals surface area contributed by atoms with Crippen molar-refractivity contribution in [1.29, 1.82) is 0 Å². The van der Waals surface area contributed by atoms with Crippen LogP contribution in [0.4, 0.5) is 0 Å². The summed E-state index contributed by atoms with van der Waals surface area (Å²) in [5, 5.41) is 4.16. The maximum absolute atomic E-state index is 12.8. The van der Waals surface area contributed by atoms with Gasteiger partial charge in [-0.05, 0) is 32.1 Å². The van der Waals surface area contributed by atoms with E-state index >= 15 is 0 Å². The third kappa shape index (κ3) is 2.73. The summed E-state index contributed by atoms with van der Waals surface area (Å²) in [4.78, 5) is 19.3. The Hall–Kier alpha value is -1.47. The normalized spacial score (nSPS) is 25.5. The van der Waals surface area contributed by atoms with E-state index in [1.54, 1.807) is 0 Å². The van der Waals surface area contributed by atoms with Crippen molar-refractivity contribution in [1.82, 2.24) is 15.0 Å². The number of aromatic nitrogens is 2. The van der Waals surface area contributed by atoms with Crippen LogP contribution in [0.1, 0.15) is 63.1 Å². The van der Waals surface area contributed by atoms with Crippen molar-refractivity contribution in [2.45, 2.75) is 62.3 Å². The van der Waals surface area contributed by atoms with Crippen LogP contribution in [0.15, 0.2) is 4.52 Å². The van der Waals surface area contributed by atoms with E-state index in [0.717, 1.165) is 44.9 Å². The molecule has 0 unspecified atom stereocenters. The Morgan fingerprint density at radius 1 is 1.12 bits per heavy atom. The number of hydrogen-bond acceptors (Lipinski definition) is 6. The van der Waals surface area contributed by atoms with Crippen LogP contribution in [0.5, 0.6) is 0 Å². The molecule has 2 heterocycles. The molecule has 1 saturated heterocycles. The lowest BCUT2D eigenvalue weighted by molar-refractivity contribution is -0.136. The van der Waals surface area contributed by atoms with Gasteiger partial charge < -0.3 is 19.9 Å². The summed E-state index contributed by atoms with van der Waals surface area (Å²) in [6, 6.07) is 0. The van der Waals surface area contributed by atoms with Gasteiger partial charge in [-0.2, -0.15) is 4.98 Å². The smallest absolute Gasteiger partial charge is 0.233 e. The van der Waals surface area contributed by atoms with Crippen LogP contribution in [0.2, 0.25) is 0 Å². The van der Waals surface area contributed by atoms with Crippen molar-refractivity contribution in [3.8, 4) is 0 Å². The van der Waals surface area contributed by atoms with E-state index in [4.69, 9.17) is 15.0 Å². The highest BCUT2D eigenvalue weighted by atomic mass is 16.5. The first-order chi connectivity index (χ1) is 11.6. The van der Waals surface area contributed by atoms with Crippen LogP contribution < -0.4 is 5.73 Å². The second-order valence-electron chi connectivity index (χ2n) is 7.59. The summed E-state index contributed by atoms with van der Waals surface area (Å²) in [5.41, 5.74) is 5.60. The second-order valence-corrected chi connectivity index (χ2v) is 7.59. The fraction of sp³-hybridized carbons (Fsp3) is 0.824. The van der Waals surface area contributed by atoms with E-state index < -0.39 is 5.54 Å². The highest BCUT2D eigenvalue weighted by Gasteiger charge is 2.46. The van der Waals surface area contributed by atoms with Gasteiger partial charge in [0.1, 0.15) is 0 Å². The van der Waals surface area contributed by atoms with E-state index in [0.29, 0.717) is 44.4 Å². The number of carbonyl (C=O) groups is 1. The van der Waals surface area contributed by atoms with Crippen molar-refractivity contribution >= 4 is 5.91 Å². The van der Waals surface area contributed by atoms with Crippen molar-refractivity contribution in [2.24, 2.45) is 5.73 Å². The number of ether oxygens (including phenoxy) is 1. The van der Waals surface area contributed by atoms with Gasteiger partial charge in [-0.25, -0.2) is 0 Å². The number of nitrogens with two attached hydrogens (primary N) is 1. The molecule has 7 nitrogen and oxygen atoms in total. The molecule has 1 aromatic heterocycles. The number of hydrogen-bond donors (Lipinski definition) is 1. The van der Waals surface area contributed by atoms with Gasteiger partial charge in [-0.15, -0.1) is 0 Å². The Morgan fingerprint density at radius 2 is 1.83 bits per heavy atom. The molecule has 1 amide bonds. The summed E-state index contributed by atoms with van der Waals surface area (Å²) >= 11 is 0. The number of rotatable bonds is 4. The molecule has 3 fully saturated rings. The van der Waals surface area contributed by atoms with E-state index in [-0.39, 0.29) is 11.3 Å². The zero-order valence-electron chi connectivity index (χ0n) is 14.1. The summed E-state index contributed by atoms with van der Waals surface area (Å²) in [6.07, 6.45) is 7.44. The highest BCUT2D eigenvalue weighted by molar-refractivity contribution is 5.77. The predicted octanol–water partition coefficient (Wildman–Crippen LogP) is 1.47. The average Bonchev–Trinajstić information content (AvgIpc) is 3.23. The van der Waals surface area contributed by atoms with Crippen molar-refractivity contribution in [2.75, 3.05) is 26.3 Å². The fourth-order valence-corrected chi connectivity index (χ4v) is 4.15. The first-order valence-corrected chi connectivity index (χ1v) is 9.11. The zero-order chi connectivity index (χ0) is 16.6. The third-order valence-electron chi connectivity index (χ3n) is 5.98. The molecular weight excluding hydrogens is 308 g/mol. The standard InChI is InChI=1S/C17H26N4O3/c18-17(6-3-7-17)14-19-15(24-20-14)16(4-1-2-5-16)12-13(22)21-8-10-23-11-9-21/h1-12,18H2. The molecule has 0 radical (unpaired) electrons. The number of nitrogens with zero attached hydrogens (tertiary/aromatic N) is 3. The average molecular weight is 334 g/mol. The van der Waals surface area contributed by atoms with Crippen molar-refractivity contribution in [3.63, 3.8) is 0 Å². The van der Waals surface area contributed by atoms with E-state index in [2.05, 4.69) is 10.1 Å². The number of morpholine rings is 1. The zero-order valence-corrected chi connectivity index (χ0v) is 14.1. The minimum Gasteiger partial charge on any atom is -0.378 e. The highest BCUT2D eigenvalue weighted by Crippen LogP contribution is 2.45. The van der Waals surface area contributed by atoms with Gasteiger partial charge in [0.2, 0.25) is 11.8 Å². The molecule has 132 valence electrons. The van der Waals surface area contributed by atoms with Crippen molar-refractivity contribution < 1.29 is 14.1 Å². The Balaban J connectivity index is 1.53. The molecule has 0 bridgehead atoms. The van der Waals surface area contributed by atoms with Gasteiger partial charge in [-0.3, -0.25) is 4.79 Å². The molecule has 3 aliphatic rings. The Kier molecular flexibility index (Phi) is 4.08. The molecule has 1 aliphatic heterocycles. The minimum atomic E-state index is -0.421. The second kappa shape index (κ2) is 6.11. The first-order valence-electron chi connectivity index (χ1n) is 9.11. The van der Waals surface area contributed by atoms with Gasteiger partial charge in [0.25, 0.3) is 0 Å². The molecule has 0 spiro atoms. The maximum Gasteiger partial charge on any atom is 0.233 e. The van der Waals surface area contributed by atoms with Gasteiger partial charge in [0.05, 0.1) is 24.2 Å². The molecule has 0 atom stereocenters. The molecule has 1 aromatic rings. The Labute approximate surface area is 141 Å². The van der Waals surface area contributed by atoms with Gasteiger partial charge in [0, 0.05) is 19.5 Å². The Bertz CT molecular complexity index is 599. The lowest BCUT2D eigenvalue weighted by Gasteiger charge is -2.34. The molecule has 2 saturated carbocycles. The lowest BCUT2D eigenvalue weighted by atomic mass is 9.77. The monoisotopic (exact) mass is 334 g/mol. The molecule has 24 heavy (non-hydrogen) atoms. The number of amides is 1. The summed E-state index contributed by atoms with van der Waals surface area (Å²) in [5.74, 6) is 1.41. The summed E-state index contributed by atoms with van der Waals surface area (Å²) in [7, 11) is 0. The Morgan fingerprint density at radius 3 is 2.46 bits per heavy atom. The molecule has 0 aromatic carbocycles. The number of carbonyl (C=O) groups excluding carboxylic acids is 1. The van der Waals surface area contributed by atoms with Crippen LogP contribution in [-0.4, -0.2) is 47.3 Å². The summed E-state index contributed by atoms with van der Waals surface area (Å²) in [6.45, 7) is 2.60. The molecular formula is C17H26N4O3. The van der Waals surface area contributed by atoms with Crippen LogP contribution in [-0.2, 0) is 20.5 Å². The van der Waals surface area contributed by atoms with E-state index in [1.165, 1.54) is 0 Å². The van der Waals surface area contributed by atoms with Crippen LogP contribution in [0.25, 0.3) is 0 Å². The SMILES string of the molecule is NC1(c2noc(C3(CC(=O)N4CCOCC4)CCCC3)n2)CCC1. The summed E-state index contributed by atoms with van der Waals surface area (Å²) < 4.78 is 11.0. The third-order valence-corrected chi connectivity index (χ3v) is 5.98.